The Bertz CT molecular complexity index is 476. The van der Waals surface area contributed by atoms with Crippen LogP contribution in [0.15, 0.2) is 28.7 Å². The zero-order valence-corrected chi connectivity index (χ0v) is 9.93. The maximum atomic E-state index is 5.63. The van der Waals surface area contributed by atoms with Gasteiger partial charge in [-0.25, -0.2) is 0 Å². The van der Waals surface area contributed by atoms with Crippen LogP contribution in [0.1, 0.15) is 12.8 Å². The summed E-state index contributed by atoms with van der Waals surface area (Å²) in [5, 5.41) is 0. The molecular formula is C13H16N2O2. The van der Waals surface area contributed by atoms with Gasteiger partial charge in [0.1, 0.15) is 12.1 Å². The van der Waals surface area contributed by atoms with E-state index in [-0.39, 0.29) is 0 Å². The number of rotatable bonds is 3. The monoisotopic (exact) mass is 232 g/mol. The first-order valence-electron chi connectivity index (χ1n) is 6.01. The van der Waals surface area contributed by atoms with E-state index in [1.165, 1.54) is 12.8 Å². The first kappa shape index (κ1) is 10.6. The molecule has 1 unspecified atom stereocenters. The number of benzene rings is 1. The molecule has 0 amide bonds. The number of likely N-dealkylation sites (N-methyl/N-ethyl adjacent to an activating group) is 1. The van der Waals surface area contributed by atoms with Crippen molar-refractivity contribution in [3.63, 3.8) is 0 Å². The van der Waals surface area contributed by atoms with Crippen LogP contribution in [0.5, 0.6) is 6.08 Å². The van der Waals surface area contributed by atoms with E-state index in [0.29, 0.717) is 18.7 Å². The molecule has 17 heavy (non-hydrogen) atoms. The van der Waals surface area contributed by atoms with Gasteiger partial charge in [0.05, 0.1) is 0 Å². The first-order chi connectivity index (χ1) is 8.33. The average Bonchev–Trinajstić information content (AvgIpc) is 2.92. The van der Waals surface area contributed by atoms with Crippen LogP contribution >= 0.6 is 0 Å². The number of aromatic nitrogens is 1. The molecule has 1 aromatic heterocycles. The molecule has 2 aromatic rings. The molecule has 4 heteroatoms. The van der Waals surface area contributed by atoms with Crippen molar-refractivity contribution >= 4 is 11.1 Å². The number of nitrogens with zero attached hydrogens (tertiary/aromatic N) is 2. The summed E-state index contributed by atoms with van der Waals surface area (Å²) >= 11 is 0. The number of ether oxygens (including phenoxy) is 1. The Labute approximate surface area is 100 Å². The summed E-state index contributed by atoms with van der Waals surface area (Å²) in [6.45, 7) is 1.81. The molecule has 1 atom stereocenters. The predicted octanol–water partition coefficient (Wildman–Crippen LogP) is 2.30. The fraction of sp³-hybridized carbons (Fsp3) is 0.462. The lowest BCUT2D eigenvalue weighted by Crippen LogP contribution is -2.30. The second kappa shape index (κ2) is 4.37. The van der Waals surface area contributed by atoms with Crippen molar-refractivity contribution in [2.45, 2.75) is 18.9 Å². The van der Waals surface area contributed by atoms with Crippen molar-refractivity contribution in [1.29, 1.82) is 0 Å². The van der Waals surface area contributed by atoms with Crippen LogP contribution < -0.4 is 4.74 Å². The third-order valence-electron chi connectivity index (χ3n) is 3.34. The van der Waals surface area contributed by atoms with Gasteiger partial charge in [0.25, 0.3) is 0 Å². The fourth-order valence-electron chi connectivity index (χ4n) is 2.27. The maximum absolute atomic E-state index is 5.63. The topological polar surface area (TPSA) is 38.5 Å². The Morgan fingerprint density at radius 3 is 3.12 bits per heavy atom. The summed E-state index contributed by atoms with van der Waals surface area (Å²) in [6.07, 6.45) is 2.82. The van der Waals surface area contributed by atoms with Crippen molar-refractivity contribution in [2.75, 3.05) is 20.2 Å². The van der Waals surface area contributed by atoms with E-state index in [4.69, 9.17) is 9.15 Å². The van der Waals surface area contributed by atoms with Crippen LogP contribution in [0.3, 0.4) is 0 Å². The standard InChI is InChI=1S/C13H16N2O2/c1-15-8-4-5-10(15)9-16-13-14-11-6-2-3-7-12(11)17-13/h2-3,6-7,10H,4-5,8-9H2,1H3. The van der Waals surface area contributed by atoms with Gasteiger partial charge in [-0.3, -0.25) is 0 Å². The molecule has 0 bridgehead atoms. The van der Waals surface area contributed by atoms with Gasteiger partial charge in [-0.15, -0.1) is 0 Å². The highest BCUT2D eigenvalue weighted by Gasteiger charge is 2.22. The van der Waals surface area contributed by atoms with Crippen LogP contribution in [0.2, 0.25) is 0 Å². The van der Waals surface area contributed by atoms with Crippen LogP contribution in [-0.4, -0.2) is 36.1 Å². The number of hydrogen-bond donors (Lipinski definition) is 0. The van der Waals surface area contributed by atoms with Crippen molar-refractivity contribution in [3.8, 4) is 6.08 Å². The number of hydrogen-bond acceptors (Lipinski definition) is 4. The summed E-state index contributed by atoms with van der Waals surface area (Å²) in [5.74, 6) is 0. The zero-order valence-electron chi connectivity index (χ0n) is 9.93. The molecule has 4 nitrogen and oxygen atoms in total. The maximum Gasteiger partial charge on any atom is 0.394 e. The molecule has 1 aromatic carbocycles. The number of fused-ring (bicyclic) bond motifs is 1. The van der Waals surface area contributed by atoms with Crippen LogP contribution in [-0.2, 0) is 0 Å². The average molecular weight is 232 g/mol. The quantitative estimate of drug-likeness (QED) is 0.814. The van der Waals surface area contributed by atoms with E-state index in [0.717, 1.165) is 17.6 Å². The molecular weight excluding hydrogens is 216 g/mol. The molecule has 90 valence electrons. The van der Waals surface area contributed by atoms with E-state index in [1.807, 2.05) is 24.3 Å². The van der Waals surface area contributed by atoms with E-state index < -0.39 is 0 Å². The SMILES string of the molecule is CN1CCCC1COc1nc2ccccc2o1. The van der Waals surface area contributed by atoms with E-state index in [1.54, 1.807) is 0 Å². The molecule has 0 N–H and O–H groups in total. The van der Waals surface area contributed by atoms with Gasteiger partial charge in [0, 0.05) is 6.04 Å². The highest BCUT2D eigenvalue weighted by atomic mass is 16.6. The second-order valence-electron chi connectivity index (χ2n) is 4.54. The minimum atomic E-state index is 0.381. The number of oxazole rings is 1. The molecule has 0 aliphatic carbocycles. The fourth-order valence-corrected chi connectivity index (χ4v) is 2.27. The van der Waals surface area contributed by atoms with Gasteiger partial charge in [0.2, 0.25) is 0 Å². The lowest BCUT2D eigenvalue weighted by atomic mass is 10.2. The highest BCUT2D eigenvalue weighted by molar-refractivity contribution is 5.72. The number of likely N-dealkylation sites (tertiary alicyclic amines) is 1. The molecule has 0 spiro atoms. The summed E-state index contributed by atoms with van der Waals surface area (Å²) in [7, 11) is 2.13. The Hall–Kier alpha value is -1.55. The van der Waals surface area contributed by atoms with Crippen LogP contribution in [0.4, 0.5) is 0 Å². The van der Waals surface area contributed by atoms with E-state index in [9.17, 15) is 0 Å². The smallest absolute Gasteiger partial charge is 0.394 e. The highest BCUT2D eigenvalue weighted by Crippen LogP contribution is 2.21. The molecule has 1 fully saturated rings. The van der Waals surface area contributed by atoms with Crippen molar-refractivity contribution in [1.82, 2.24) is 9.88 Å². The van der Waals surface area contributed by atoms with Gasteiger partial charge in [-0.1, -0.05) is 12.1 Å². The predicted molar refractivity (Wildman–Crippen MR) is 65.2 cm³/mol. The minimum absolute atomic E-state index is 0.381. The van der Waals surface area contributed by atoms with Gasteiger partial charge in [-0.05, 0) is 38.6 Å². The van der Waals surface area contributed by atoms with Crippen molar-refractivity contribution in [2.24, 2.45) is 0 Å². The second-order valence-corrected chi connectivity index (χ2v) is 4.54. The molecule has 2 heterocycles. The van der Waals surface area contributed by atoms with E-state index in [2.05, 4.69) is 16.9 Å². The summed E-state index contributed by atoms with van der Waals surface area (Å²) in [6, 6.07) is 8.19. The van der Waals surface area contributed by atoms with Gasteiger partial charge >= 0.3 is 6.08 Å². The molecule has 1 aliphatic rings. The van der Waals surface area contributed by atoms with Crippen LogP contribution in [0.25, 0.3) is 11.1 Å². The third-order valence-corrected chi connectivity index (χ3v) is 3.34. The Kier molecular flexibility index (Phi) is 2.73. The van der Waals surface area contributed by atoms with Gasteiger partial charge < -0.3 is 14.1 Å². The molecule has 1 aliphatic heterocycles. The number of para-hydroxylation sites is 2. The Morgan fingerprint density at radius 2 is 2.35 bits per heavy atom. The van der Waals surface area contributed by atoms with Crippen molar-refractivity contribution < 1.29 is 9.15 Å². The van der Waals surface area contributed by atoms with Gasteiger partial charge in [0.15, 0.2) is 5.58 Å². The van der Waals surface area contributed by atoms with Crippen LogP contribution in [0, 0.1) is 0 Å². The normalized spacial score (nSPS) is 21.1. The van der Waals surface area contributed by atoms with Gasteiger partial charge in [-0.2, -0.15) is 4.98 Å². The third kappa shape index (κ3) is 2.13. The molecule has 3 rings (SSSR count). The van der Waals surface area contributed by atoms with E-state index >= 15 is 0 Å². The Balaban J connectivity index is 1.68. The summed E-state index contributed by atoms with van der Waals surface area (Å²) < 4.78 is 11.1. The summed E-state index contributed by atoms with van der Waals surface area (Å²) in [4.78, 5) is 6.61. The molecule has 0 radical (unpaired) electrons. The molecule has 1 saturated heterocycles. The molecule has 0 saturated carbocycles. The summed E-state index contributed by atoms with van der Waals surface area (Å²) in [5.41, 5.74) is 1.63. The Morgan fingerprint density at radius 1 is 1.47 bits per heavy atom. The lowest BCUT2D eigenvalue weighted by Gasteiger charge is -2.17. The van der Waals surface area contributed by atoms with Crippen molar-refractivity contribution in [3.05, 3.63) is 24.3 Å². The first-order valence-corrected chi connectivity index (χ1v) is 6.01. The largest absolute Gasteiger partial charge is 0.449 e. The zero-order chi connectivity index (χ0) is 11.7. The minimum Gasteiger partial charge on any atom is -0.449 e. The lowest BCUT2D eigenvalue weighted by molar-refractivity contribution is 0.163.